The fourth-order valence-corrected chi connectivity index (χ4v) is 4.88. The number of hydrogen-bond acceptors (Lipinski definition) is 8. The number of Topliss-reactive ketones (excluding diaryl/α,β-unsaturated/α-hetero) is 1. The highest BCUT2D eigenvalue weighted by atomic mass is 16.6. The number of esters is 2. The molecule has 8 heteroatoms. The molecule has 8 nitrogen and oxygen atoms in total. The first-order chi connectivity index (χ1) is 17.3. The Bertz CT molecular complexity index is 1230. The van der Waals surface area contributed by atoms with E-state index in [0.717, 1.165) is 0 Å². The maximum Gasteiger partial charge on any atom is 0.336 e. The molecule has 1 heterocycles. The lowest BCUT2D eigenvalue weighted by atomic mass is 9.69. The third kappa shape index (κ3) is 4.98. The Kier molecular flexibility index (Phi) is 7.43. The van der Waals surface area contributed by atoms with Gasteiger partial charge in [-0.2, -0.15) is 0 Å². The number of allylic oxidation sites excluding steroid dienone is 3. The molecular weight excluding hydrogens is 462 g/mol. The number of ether oxygens (including phenoxy) is 3. The van der Waals surface area contributed by atoms with Crippen LogP contribution in [0.5, 0.6) is 11.5 Å². The molecule has 0 radical (unpaired) electrons. The zero-order valence-corrected chi connectivity index (χ0v) is 20.4. The number of phenols is 1. The number of hydrogen-bond donors (Lipinski definition) is 2. The van der Waals surface area contributed by atoms with Crippen LogP contribution in [0.25, 0.3) is 0 Å². The van der Waals surface area contributed by atoms with Crippen molar-refractivity contribution < 1.29 is 33.7 Å². The molecule has 2 aromatic rings. The summed E-state index contributed by atoms with van der Waals surface area (Å²) < 4.78 is 16.1. The fourth-order valence-electron chi connectivity index (χ4n) is 4.88. The largest absolute Gasteiger partial charge is 0.508 e. The van der Waals surface area contributed by atoms with Gasteiger partial charge in [-0.3, -0.25) is 9.59 Å². The first kappa shape index (κ1) is 25.0. The number of carbonyl (C=O) groups is 3. The second-order valence-electron chi connectivity index (χ2n) is 8.93. The van der Waals surface area contributed by atoms with Crippen LogP contribution < -0.4 is 10.1 Å². The summed E-state index contributed by atoms with van der Waals surface area (Å²) in [5.41, 5.74) is 2.30. The highest BCUT2D eigenvalue weighted by Gasteiger charge is 2.47. The molecule has 0 saturated carbocycles. The Morgan fingerprint density at radius 2 is 1.83 bits per heavy atom. The standard InChI is InChI=1S/C28H29NO7/c1-16-14-21-25(26(31)22(16)27(32)34-3)24(18-8-7-9-19(30)15-18)23(17(2)29-21)28(33)36-13-12-35-20-10-5-4-6-11-20/h4-11,15-16,22,24,29-30H,12-14H2,1-3H3/t16-,22-,24+/m0/s1. The topological polar surface area (TPSA) is 111 Å². The Labute approximate surface area is 209 Å². The maximum atomic E-state index is 13.7. The third-order valence-electron chi connectivity index (χ3n) is 6.49. The number of phenolic OH excluding ortho intramolecular Hbond substituents is 1. The van der Waals surface area contributed by atoms with Crippen molar-refractivity contribution >= 4 is 17.7 Å². The zero-order valence-electron chi connectivity index (χ0n) is 20.4. The van der Waals surface area contributed by atoms with Crippen molar-refractivity contribution in [2.24, 2.45) is 11.8 Å². The van der Waals surface area contributed by atoms with Gasteiger partial charge in [-0.25, -0.2) is 4.79 Å². The molecule has 0 amide bonds. The molecule has 0 unspecified atom stereocenters. The molecule has 2 aromatic carbocycles. The van der Waals surface area contributed by atoms with Crippen LogP contribution in [0, 0.1) is 11.8 Å². The number of ketones is 1. The molecule has 188 valence electrons. The summed E-state index contributed by atoms with van der Waals surface area (Å²) in [4.78, 5) is 39.5. The Morgan fingerprint density at radius 1 is 1.08 bits per heavy atom. The van der Waals surface area contributed by atoms with Crippen molar-refractivity contribution in [2.45, 2.75) is 26.2 Å². The predicted molar refractivity (Wildman–Crippen MR) is 131 cm³/mol. The molecule has 2 N–H and O–H groups in total. The van der Waals surface area contributed by atoms with E-state index in [9.17, 15) is 19.5 Å². The molecule has 0 spiro atoms. The van der Waals surface area contributed by atoms with E-state index in [1.165, 1.54) is 19.2 Å². The normalized spacial score (nSPS) is 21.4. The number of rotatable bonds is 7. The van der Waals surface area contributed by atoms with E-state index in [0.29, 0.717) is 34.7 Å². The molecular formula is C28H29NO7. The van der Waals surface area contributed by atoms with E-state index in [1.54, 1.807) is 31.2 Å². The van der Waals surface area contributed by atoms with E-state index >= 15 is 0 Å². The number of benzene rings is 2. The second kappa shape index (κ2) is 10.7. The highest BCUT2D eigenvalue weighted by molar-refractivity contribution is 6.12. The van der Waals surface area contributed by atoms with Gasteiger partial charge in [0.1, 0.15) is 30.6 Å². The molecule has 4 rings (SSSR count). The summed E-state index contributed by atoms with van der Waals surface area (Å²) in [6.07, 6.45) is 0.431. The van der Waals surface area contributed by atoms with Gasteiger partial charge in [0.05, 0.1) is 12.7 Å². The first-order valence-electron chi connectivity index (χ1n) is 11.8. The molecule has 3 atom stereocenters. The molecule has 1 aliphatic heterocycles. The van der Waals surface area contributed by atoms with Gasteiger partial charge < -0.3 is 24.6 Å². The number of aromatic hydroxyl groups is 1. The van der Waals surface area contributed by atoms with Gasteiger partial charge in [-0.1, -0.05) is 37.3 Å². The lowest BCUT2D eigenvalue weighted by Crippen LogP contribution is -2.43. The molecule has 0 saturated heterocycles. The fraction of sp³-hybridized carbons (Fsp3) is 0.321. The minimum atomic E-state index is -0.981. The molecule has 2 aliphatic rings. The molecule has 0 bridgehead atoms. The Morgan fingerprint density at radius 3 is 2.53 bits per heavy atom. The van der Waals surface area contributed by atoms with Crippen LogP contribution in [0.15, 0.2) is 77.1 Å². The summed E-state index contributed by atoms with van der Waals surface area (Å²) in [6.45, 7) is 3.72. The summed E-state index contributed by atoms with van der Waals surface area (Å²) in [5.74, 6) is -3.05. The smallest absolute Gasteiger partial charge is 0.336 e. The Hall–Kier alpha value is -4.07. The van der Waals surface area contributed by atoms with E-state index in [1.807, 2.05) is 25.1 Å². The average Bonchev–Trinajstić information content (AvgIpc) is 2.86. The van der Waals surface area contributed by atoms with Crippen molar-refractivity contribution in [1.82, 2.24) is 5.32 Å². The molecule has 0 fully saturated rings. The monoisotopic (exact) mass is 491 g/mol. The summed E-state index contributed by atoms with van der Waals surface area (Å²) in [5, 5.41) is 13.4. The van der Waals surface area contributed by atoms with Gasteiger partial charge in [-0.05, 0) is 49.1 Å². The van der Waals surface area contributed by atoms with Gasteiger partial charge in [-0.15, -0.1) is 0 Å². The Balaban J connectivity index is 1.64. The van der Waals surface area contributed by atoms with Crippen molar-refractivity contribution in [3.63, 3.8) is 0 Å². The number of nitrogens with one attached hydrogen (secondary N) is 1. The summed E-state index contributed by atoms with van der Waals surface area (Å²) in [6, 6.07) is 15.6. The minimum Gasteiger partial charge on any atom is -0.508 e. The van der Waals surface area contributed by atoms with Gasteiger partial charge in [0.2, 0.25) is 0 Å². The number of para-hydroxylation sites is 1. The summed E-state index contributed by atoms with van der Waals surface area (Å²) in [7, 11) is 1.25. The van der Waals surface area contributed by atoms with Crippen molar-refractivity contribution in [1.29, 1.82) is 0 Å². The lowest BCUT2D eigenvalue weighted by Gasteiger charge is -2.38. The van der Waals surface area contributed by atoms with Crippen LogP contribution in [-0.4, -0.2) is 43.2 Å². The van der Waals surface area contributed by atoms with Crippen LogP contribution in [0.3, 0.4) is 0 Å². The van der Waals surface area contributed by atoms with Crippen molar-refractivity contribution in [3.05, 3.63) is 82.7 Å². The van der Waals surface area contributed by atoms with Crippen molar-refractivity contribution in [3.8, 4) is 11.5 Å². The number of carbonyl (C=O) groups excluding carboxylic acids is 3. The van der Waals surface area contributed by atoms with Crippen LogP contribution >= 0.6 is 0 Å². The van der Waals surface area contributed by atoms with Crippen LogP contribution in [0.2, 0.25) is 0 Å². The molecule has 36 heavy (non-hydrogen) atoms. The van der Waals surface area contributed by atoms with Gasteiger partial charge in [0.25, 0.3) is 0 Å². The van der Waals surface area contributed by atoms with Crippen LogP contribution in [0.1, 0.15) is 31.7 Å². The molecule has 1 aliphatic carbocycles. The van der Waals surface area contributed by atoms with Crippen molar-refractivity contribution in [2.75, 3.05) is 20.3 Å². The van der Waals surface area contributed by atoms with Crippen LogP contribution in [0.4, 0.5) is 0 Å². The lowest BCUT2D eigenvalue weighted by molar-refractivity contribution is -0.151. The maximum absolute atomic E-state index is 13.7. The number of methoxy groups -OCH3 is 1. The molecule has 0 aromatic heterocycles. The van der Waals surface area contributed by atoms with E-state index < -0.39 is 29.6 Å². The van der Waals surface area contributed by atoms with Crippen LogP contribution in [-0.2, 0) is 23.9 Å². The average molecular weight is 492 g/mol. The van der Waals surface area contributed by atoms with E-state index in [-0.39, 0.29) is 30.5 Å². The quantitative estimate of drug-likeness (QED) is 0.343. The van der Waals surface area contributed by atoms with E-state index in [4.69, 9.17) is 14.2 Å². The number of dihydropyridines is 1. The predicted octanol–water partition coefficient (Wildman–Crippen LogP) is 3.63. The highest BCUT2D eigenvalue weighted by Crippen LogP contribution is 2.45. The zero-order chi connectivity index (χ0) is 25.8. The third-order valence-corrected chi connectivity index (χ3v) is 6.49. The summed E-state index contributed by atoms with van der Waals surface area (Å²) >= 11 is 0. The van der Waals surface area contributed by atoms with E-state index in [2.05, 4.69) is 5.32 Å². The second-order valence-corrected chi connectivity index (χ2v) is 8.93. The minimum absolute atomic E-state index is 0.00105. The first-order valence-corrected chi connectivity index (χ1v) is 11.8. The SMILES string of the molecule is COC(=O)[C@@H]1C(=O)C2=C(C[C@@H]1C)NC(C)=C(C(=O)OCCOc1ccccc1)[C@H]2c1cccc(O)c1. The van der Waals surface area contributed by atoms with Gasteiger partial charge in [0, 0.05) is 22.9 Å². The van der Waals surface area contributed by atoms with Gasteiger partial charge in [0.15, 0.2) is 5.78 Å². The van der Waals surface area contributed by atoms with Gasteiger partial charge >= 0.3 is 11.9 Å².